The van der Waals surface area contributed by atoms with Gasteiger partial charge < -0.3 is 20.1 Å². The standard InChI is InChI=1S/C29H27Cl2N5O3/c1-16-8-10-23(17(2)12-16)35-28(37)26-18(3)34-29-32-15-33-36(29)27(26)19-9-11-24(25(13-19)38-4)39-14-20-21(30)6-5-7-22(20)31/h5-13,15,27H,14H2,1-4H3,(H,35,37)(H,32,33,34)/t27-/m1/s1. The molecule has 1 atom stereocenters. The molecule has 1 aliphatic rings. The number of benzene rings is 3. The normalized spacial score (nSPS) is 14.5. The third-order valence-corrected chi connectivity index (χ3v) is 7.31. The van der Waals surface area contributed by atoms with Gasteiger partial charge in [-0.15, -0.1) is 0 Å². The minimum Gasteiger partial charge on any atom is -0.493 e. The fourth-order valence-electron chi connectivity index (χ4n) is 4.63. The summed E-state index contributed by atoms with van der Waals surface area (Å²) >= 11 is 12.6. The van der Waals surface area contributed by atoms with Crippen molar-refractivity contribution >= 4 is 40.7 Å². The number of anilines is 2. The molecular weight excluding hydrogens is 537 g/mol. The van der Waals surface area contributed by atoms with Crippen LogP contribution in [-0.2, 0) is 11.4 Å². The summed E-state index contributed by atoms with van der Waals surface area (Å²) in [5.74, 6) is 1.29. The zero-order valence-corrected chi connectivity index (χ0v) is 23.4. The molecule has 0 radical (unpaired) electrons. The van der Waals surface area contributed by atoms with Gasteiger partial charge in [0.1, 0.15) is 19.0 Å². The fraction of sp³-hybridized carbons (Fsp3) is 0.207. The third-order valence-electron chi connectivity index (χ3n) is 6.61. The second-order valence-electron chi connectivity index (χ2n) is 9.27. The van der Waals surface area contributed by atoms with Crippen molar-refractivity contribution in [2.24, 2.45) is 0 Å². The molecule has 10 heteroatoms. The predicted molar refractivity (Wildman–Crippen MR) is 153 cm³/mol. The number of fused-ring (bicyclic) bond motifs is 1. The van der Waals surface area contributed by atoms with Crippen LogP contribution in [0.3, 0.4) is 0 Å². The van der Waals surface area contributed by atoms with E-state index in [1.807, 2.05) is 51.1 Å². The third kappa shape index (κ3) is 5.30. The Balaban J connectivity index is 1.49. The van der Waals surface area contributed by atoms with Gasteiger partial charge in [-0.25, -0.2) is 4.68 Å². The smallest absolute Gasteiger partial charge is 0.255 e. The lowest BCUT2D eigenvalue weighted by Crippen LogP contribution is -2.31. The number of rotatable bonds is 7. The van der Waals surface area contributed by atoms with Crippen molar-refractivity contribution in [1.29, 1.82) is 0 Å². The number of ether oxygens (including phenoxy) is 2. The molecule has 3 aromatic carbocycles. The van der Waals surface area contributed by atoms with Crippen molar-refractivity contribution in [2.75, 3.05) is 17.7 Å². The summed E-state index contributed by atoms with van der Waals surface area (Å²) in [5, 5.41) is 11.7. The van der Waals surface area contributed by atoms with Crippen molar-refractivity contribution < 1.29 is 14.3 Å². The molecular formula is C29H27Cl2N5O3. The first-order valence-electron chi connectivity index (χ1n) is 12.3. The Morgan fingerprint density at radius 2 is 1.82 bits per heavy atom. The summed E-state index contributed by atoms with van der Waals surface area (Å²) in [4.78, 5) is 18.0. The van der Waals surface area contributed by atoms with E-state index in [9.17, 15) is 4.79 Å². The van der Waals surface area contributed by atoms with E-state index in [1.54, 1.807) is 36.1 Å². The van der Waals surface area contributed by atoms with Gasteiger partial charge in [0.15, 0.2) is 11.5 Å². The van der Waals surface area contributed by atoms with Crippen LogP contribution in [0, 0.1) is 13.8 Å². The second-order valence-corrected chi connectivity index (χ2v) is 10.1. The summed E-state index contributed by atoms with van der Waals surface area (Å²) in [5.41, 5.74) is 5.48. The molecule has 0 fully saturated rings. The number of amides is 1. The lowest BCUT2D eigenvalue weighted by Gasteiger charge is -2.29. The topological polar surface area (TPSA) is 90.3 Å². The summed E-state index contributed by atoms with van der Waals surface area (Å²) in [6.45, 7) is 6.00. The molecule has 200 valence electrons. The molecule has 4 aromatic rings. The number of nitrogens with zero attached hydrogens (tertiary/aromatic N) is 3. The Morgan fingerprint density at radius 3 is 2.54 bits per heavy atom. The van der Waals surface area contributed by atoms with Gasteiger partial charge in [-0.2, -0.15) is 10.1 Å². The molecule has 1 aromatic heterocycles. The Morgan fingerprint density at radius 1 is 1.05 bits per heavy atom. The number of carbonyl (C=O) groups excluding carboxylic acids is 1. The van der Waals surface area contributed by atoms with E-state index >= 15 is 0 Å². The van der Waals surface area contributed by atoms with Crippen LogP contribution >= 0.6 is 23.2 Å². The van der Waals surface area contributed by atoms with E-state index in [-0.39, 0.29) is 12.5 Å². The minimum atomic E-state index is -0.560. The van der Waals surface area contributed by atoms with Gasteiger partial charge in [0.2, 0.25) is 5.95 Å². The Kier molecular flexibility index (Phi) is 7.50. The minimum absolute atomic E-state index is 0.164. The number of allylic oxidation sites excluding steroid dienone is 1. The largest absolute Gasteiger partial charge is 0.493 e. The number of methoxy groups -OCH3 is 1. The van der Waals surface area contributed by atoms with E-state index < -0.39 is 6.04 Å². The van der Waals surface area contributed by atoms with Crippen molar-refractivity contribution in [3.05, 3.63) is 104 Å². The highest BCUT2D eigenvalue weighted by Gasteiger charge is 2.34. The van der Waals surface area contributed by atoms with Crippen molar-refractivity contribution in [1.82, 2.24) is 14.8 Å². The van der Waals surface area contributed by atoms with Gasteiger partial charge >= 0.3 is 0 Å². The van der Waals surface area contributed by atoms with Gasteiger partial charge in [-0.05, 0) is 62.2 Å². The highest BCUT2D eigenvalue weighted by Crippen LogP contribution is 2.39. The predicted octanol–water partition coefficient (Wildman–Crippen LogP) is 6.72. The first-order valence-corrected chi connectivity index (χ1v) is 13.0. The lowest BCUT2D eigenvalue weighted by atomic mass is 9.94. The van der Waals surface area contributed by atoms with Gasteiger partial charge in [-0.3, -0.25) is 4.79 Å². The number of hydrogen-bond acceptors (Lipinski definition) is 6. The first kappa shape index (κ1) is 26.6. The number of aryl methyl sites for hydroxylation is 2. The summed E-state index contributed by atoms with van der Waals surface area (Å²) in [7, 11) is 1.56. The van der Waals surface area contributed by atoms with Crippen LogP contribution in [0.15, 0.2) is 72.2 Å². The molecule has 1 aliphatic heterocycles. The molecule has 2 N–H and O–H groups in total. The number of hydrogen-bond donors (Lipinski definition) is 2. The van der Waals surface area contributed by atoms with E-state index in [0.717, 1.165) is 22.4 Å². The van der Waals surface area contributed by atoms with Crippen LogP contribution in [0.1, 0.15) is 35.2 Å². The first-order chi connectivity index (χ1) is 18.8. The Bertz CT molecular complexity index is 1580. The number of carbonyl (C=O) groups is 1. The lowest BCUT2D eigenvalue weighted by molar-refractivity contribution is -0.113. The average Bonchev–Trinajstić information content (AvgIpc) is 3.37. The molecule has 2 heterocycles. The SMILES string of the molecule is COc1cc([C@@H]2C(C(=O)Nc3ccc(C)cc3C)=C(C)Nc3ncnn32)ccc1OCc1c(Cl)cccc1Cl. The van der Waals surface area contributed by atoms with Crippen LogP contribution in [0.2, 0.25) is 10.0 Å². The molecule has 0 aliphatic carbocycles. The monoisotopic (exact) mass is 563 g/mol. The van der Waals surface area contributed by atoms with Crippen molar-refractivity contribution in [3.63, 3.8) is 0 Å². The van der Waals surface area contributed by atoms with Gasteiger partial charge in [0.25, 0.3) is 5.91 Å². The number of aromatic nitrogens is 3. The maximum absolute atomic E-state index is 13.7. The molecule has 0 unspecified atom stereocenters. The Labute approximate surface area is 236 Å². The molecule has 0 saturated heterocycles. The molecule has 0 saturated carbocycles. The zero-order valence-electron chi connectivity index (χ0n) is 21.9. The maximum atomic E-state index is 13.7. The van der Waals surface area contributed by atoms with Crippen LogP contribution in [-0.4, -0.2) is 27.8 Å². The van der Waals surface area contributed by atoms with E-state index in [2.05, 4.69) is 20.7 Å². The van der Waals surface area contributed by atoms with Crippen LogP contribution in [0.4, 0.5) is 11.6 Å². The zero-order chi connectivity index (χ0) is 27.7. The number of nitrogens with one attached hydrogen (secondary N) is 2. The molecule has 0 spiro atoms. The summed E-state index contributed by atoms with van der Waals surface area (Å²) in [6, 6.07) is 16.2. The second kappa shape index (κ2) is 11.0. The van der Waals surface area contributed by atoms with Gasteiger partial charge in [0.05, 0.1) is 12.7 Å². The van der Waals surface area contributed by atoms with Crippen molar-refractivity contribution in [3.8, 4) is 11.5 Å². The van der Waals surface area contributed by atoms with Crippen LogP contribution in [0.5, 0.6) is 11.5 Å². The van der Waals surface area contributed by atoms with E-state index in [4.69, 9.17) is 32.7 Å². The fourth-order valence-corrected chi connectivity index (χ4v) is 5.14. The average molecular weight is 564 g/mol. The van der Waals surface area contributed by atoms with E-state index in [1.165, 1.54) is 6.33 Å². The molecule has 1 amide bonds. The molecule has 39 heavy (non-hydrogen) atoms. The van der Waals surface area contributed by atoms with Gasteiger partial charge in [0, 0.05) is 27.0 Å². The summed E-state index contributed by atoms with van der Waals surface area (Å²) < 4.78 is 13.4. The van der Waals surface area contributed by atoms with Crippen LogP contribution < -0.4 is 20.1 Å². The summed E-state index contributed by atoms with van der Waals surface area (Å²) in [6.07, 6.45) is 1.45. The van der Waals surface area contributed by atoms with Gasteiger partial charge in [-0.1, -0.05) is 53.0 Å². The quantitative estimate of drug-likeness (QED) is 0.259. The Hall–Kier alpha value is -4.01. The molecule has 5 rings (SSSR count). The van der Waals surface area contributed by atoms with E-state index in [0.29, 0.717) is 44.3 Å². The molecule has 8 nitrogen and oxygen atoms in total. The highest BCUT2D eigenvalue weighted by atomic mass is 35.5. The van der Waals surface area contributed by atoms with Crippen molar-refractivity contribution in [2.45, 2.75) is 33.4 Å². The highest BCUT2D eigenvalue weighted by molar-refractivity contribution is 6.35. The van der Waals surface area contributed by atoms with Crippen LogP contribution in [0.25, 0.3) is 0 Å². The number of halogens is 2. The maximum Gasteiger partial charge on any atom is 0.255 e. The molecule has 0 bridgehead atoms.